The number of carbonyl (C=O) groups excluding carboxylic acids is 2. The molecule has 0 saturated heterocycles. The van der Waals surface area contributed by atoms with Crippen LogP contribution in [0.2, 0.25) is 0 Å². The summed E-state index contributed by atoms with van der Waals surface area (Å²) in [5.74, 6) is -0.604. The molecule has 0 aromatic carbocycles. The highest BCUT2D eigenvalue weighted by molar-refractivity contribution is 6.05. The Kier molecular flexibility index (Phi) is 3.07. The Morgan fingerprint density at radius 1 is 1.07 bits per heavy atom. The number of pyridine rings is 1. The number of aromatic nitrogens is 1. The lowest BCUT2D eigenvalue weighted by atomic mass is 10.2. The molecule has 1 heterocycles. The Bertz CT molecular complexity index is 372. The molecule has 0 unspecified atom stereocenters. The average molecular weight is 187 g/mol. The molecule has 0 N–H and O–H groups in total. The summed E-state index contributed by atoms with van der Waals surface area (Å²) in [5, 5.41) is 0. The van der Waals surface area contributed by atoms with Crippen molar-refractivity contribution >= 4 is 11.6 Å². The summed E-state index contributed by atoms with van der Waals surface area (Å²) in [4.78, 5) is 26.2. The van der Waals surface area contributed by atoms with E-state index in [9.17, 15) is 9.59 Å². The van der Waals surface area contributed by atoms with Gasteiger partial charge in [0.15, 0.2) is 0 Å². The number of rotatable bonds is 4. The Morgan fingerprint density at radius 3 is 1.86 bits per heavy atom. The minimum absolute atomic E-state index is 0.215. The van der Waals surface area contributed by atoms with E-state index in [1.165, 1.54) is 12.1 Å². The first-order chi connectivity index (χ1) is 6.69. The van der Waals surface area contributed by atoms with Gasteiger partial charge in [-0.1, -0.05) is 19.2 Å². The molecule has 0 saturated carbocycles. The molecule has 0 bridgehead atoms. The van der Waals surface area contributed by atoms with Crippen LogP contribution < -0.4 is 0 Å². The summed E-state index contributed by atoms with van der Waals surface area (Å²) in [6.45, 7) is 6.67. The van der Waals surface area contributed by atoms with Crippen molar-refractivity contribution in [3.8, 4) is 0 Å². The molecule has 0 spiro atoms. The quantitative estimate of drug-likeness (QED) is 0.533. The molecule has 1 rings (SSSR count). The van der Waals surface area contributed by atoms with E-state index in [0.717, 1.165) is 12.2 Å². The Morgan fingerprint density at radius 2 is 1.50 bits per heavy atom. The molecule has 70 valence electrons. The molecular formula is C11H9NO2. The van der Waals surface area contributed by atoms with E-state index >= 15 is 0 Å². The van der Waals surface area contributed by atoms with E-state index in [4.69, 9.17) is 0 Å². The van der Waals surface area contributed by atoms with Crippen LogP contribution in [0.15, 0.2) is 43.5 Å². The smallest absolute Gasteiger partial charge is 0.203 e. The number of ketones is 2. The van der Waals surface area contributed by atoms with Crippen LogP contribution in [0.1, 0.15) is 21.0 Å². The van der Waals surface area contributed by atoms with Crippen LogP contribution in [0.5, 0.6) is 0 Å². The fourth-order valence-corrected chi connectivity index (χ4v) is 0.918. The molecule has 0 radical (unpaired) electrons. The fourth-order valence-electron chi connectivity index (χ4n) is 0.918. The average Bonchev–Trinajstić information content (AvgIpc) is 2.27. The van der Waals surface area contributed by atoms with Gasteiger partial charge in [0.05, 0.1) is 0 Å². The molecule has 14 heavy (non-hydrogen) atoms. The lowest BCUT2D eigenvalue weighted by Gasteiger charge is -1.97. The predicted molar refractivity (Wildman–Crippen MR) is 53.3 cm³/mol. The minimum atomic E-state index is -0.302. The Balaban J connectivity index is 3.12. The van der Waals surface area contributed by atoms with Gasteiger partial charge in [0.2, 0.25) is 11.6 Å². The maximum absolute atomic E-state index is 11.2. The van der Waals surface area contributed by atoms with E-state index in [1.54, 1.807) is 6.07 Å². The van der Waals surface area contributed by atoms with Crippen LogP contribution in [-0.4, -0.2) is 16.6 Å². The van der Waals surface area contributed by atoms with Gasteiger partial charge in [0.25, 0.3) is 0 Å². The monoisotopic (exact) mass is 187 g/mol. The Hall–Kier alpha value is -2.03. The molecule has 3 nitrogen and oxygen atoms in total. The van der Waals surface area contributed by atoms with Gasteiger partial charge in [-0.3, -0.25) is 9.59 Å². The third-order valence-corrected chi connectivity index (χ3v) is 1.62. The van der Waals surface area contributed by atoms with E-state index in [0.29, 0.717) is 0 Å². The van der Waals surface area contributed by atoms with E-state index in [-0.39, 0.29) is 23.0 Å². The molecule has 0 amide bonds. The second kappa shape index (κ2) is 4.28. The van der Waals surface area contributed by atoms with Crippen molar-refractivity contribution in [3.63, 3.8) is 0 Å². The van der Waals surface area contributed by atoms with Gasteiger partial charge in [0, 0.05) is 0 Å². The zero-order valence-corrected chi connectivity index (χ0v) is 7.56. The largest absolute Gasteiger partial charge is 0.288 e. The van der Waals surface area contributed by atoms with Crippen LogP contribution in [0.4, 0.5) is 0 Å². The van der Waals surface area contributed by atoms with E-state index < -0.39 is 0 Å². The predicted octanol–water partition coefficient (Wildman–Crippen LogP) is 1.82. The van der Waals surface area contributed by atoms with Crippen molar-refractivity contribution < 1.29 is 9.59 Å². The number of allylic oxidation sites excluding steroid dienone is 2. The van der Waals surface area contributed by atoms with Crippen molar-refractivity contribution in [2.75, 3.05) is 0 Å². The SMILES string of the molecule is C=CC(=O)c1cccc(C(=O)C=C)n1. The second-order valence-corrected chi connectivity index (χ2v) is 2.54. The van der Waals surface area contributed by atoms with Gasteiger partial charge in [-0.05, 0) is 24.3 Å². The lowest BCUT2D eigenvalue weighted by molar-refractivity contribution is 0.103. The standard InChI is InChI=1S/C11H9NO2/c1-3-10(13)8-6-5-7-9(12-8)11(14)4-2/h3-7H,1-2H2. The molecular weight excluding hydrogens is 178 g/mol. The molecule has 0 aliphatic carbocycles. The summed E-state index contributed by atoms with van der Waals surface area (Å²) in [6.07, 6.45) is 2.31. The molecule has 1 aromatic rings. The van der Waals surface area contributed by atoms with Gasteiger partial charge in [-0.15, -0.1) is 0 Å². The number of carbonyl (C=O) groups is 2. The first-order valence-electron chi connectivity index (χ1n) is 3.99. The molecule has 0 aliphatic heterocycles. The van der Waals surface area contributed by atoms with Crippen molar-refractivity contribution in [3.05, 3.63) is 54.9 Å². The molecule has 3 heteroatoms. The van der Waals surface area contributed by atoms with Gasteiger partial charge < -0.3 is 0 Å². The van der Waals surface area contributed by atoms with Crippen LogP contribution in [0, 0.1) is 0 Å². The number of hydrogen-bond donors (Lipinski definition) is 0. The third kappa shape index (κ3) is 2.01. The highest BCUT2D eigenvalue weighted by Gasteiger charge is 2.07. The summed E-state index contributed by atoms with van der Waals surface area (Å²) in [6, 6.07) is 4.66. The first kappa shape index (κ1) is 10.1. The van der Waals surface area contributed by atoms with Crippen molar-refractivity contribution in [2.45, 2.75) is 0 Å². The zero-order chi connectivity index (χ0) is 10.6. The summed E-state index contributed by atoms with van der Waals surface area (Å²) >= 11 is 0. The first-order valence-corrected chi connectivity index (χ1v) is 3.99. The minimum Gasteiger partial charge on any atom is -0.288 e. The lowest BCUT2D eigenvalue weighted by Crippen LogP contribution is -2.04. The summed E-state index contributed by atoms with van der Waals surface area (Å²) < 4.78 is 0. The van der Waals surface area contributed by atoms with Crippen molar-refractivity contribution in [1.29, 1.82) is 0 Å². The fraction of sp³-hybridized carbons (Fsp3) is 0. The van der Waals surface area contributed by atoms with Crippen LogP contribution >= 0.6 is 0 Å². The molecule has 0 fully saturated rings. The van der Waals surface area contributed by atoms with Crippen molar-refractivity contribution in [2.24, 2.45) is 0 Å². The highest BCUT2D eigenvalue weighted by atomic mass is 16.1. The maximum Gasteiger partial charge on any atom is 0.203 e. The van der Waals surface area contributed by atoms with Crippen LogP contribution in [0.3, 0.4) is 0 Å². The van der Waals surface area contributed by atoms with Crippen LogP contribution in [0.25, 0.3) is 0 Å². The molecule has 0 atom stereocenters. The third-order valence-electron chi connectivity index (χ3n) is 1.62. The number of hydrogen-bond acceptors (Lipinski definition) is 3. The molecule has 1 aromatic heterocycles. The van der Waals surface area contributed by atoms with Crippen LogP contribution in [-0.2, 0) is 0 Å². The van der Waals surface area contributed by atoms with E-state index in [2.05, 4.69) is 18.1 Å². The van der Waals surface area contributed by atoms with Gasteiger partial charge >= 0.3 is 0 Å². The second-order valence-electron chi connectivity index (χ2n) is 2.54. The maximum atomic E-state index is 11.2. The summed E-state index contributed by atoms with van der Waals surface area (Å²) in [5.41, 5.74) is 0.431. The van der Waals surface area contributed by atoms with Gasteiger partial charge in [-0.25, -0.2) is 4.98 Å². The zero-order valence-electron chi connectivity index (χ0n) is 7.56. The summed E-state index contributed by atoms with van der Waals surface area (Å²) in [7, 11) is 0. The van der Waals surface area contributed by atoms with Gasteiger partial charge in [0.1, 0.15) is 11.4 Å². The topological polar surface area (TPSA) is 47.0 Å². The van der Waals surface area contributed by atoms with E-state index in [1.807, 2.05) is 0 Å². The highest BCUT2D eigenvalue weighted by Crippen LogP contribution is 2.02. The Labute approximate surface area is 81.8 Å². The van der Waals surface area contributed by atoms with Gasteiger partial charge in [-0.2, -0.15) is 0 Å². The normalized spacial score (nSPS) is 9.14. The van der Waals surface area contributed by atoms with Crippen molar-refractivity contribution in [1.82, 2.24) is 4.98 Å². The molecule has 0 aliphatic rings. The number of nitrogens with zero attached hydrogens (tertiary/aromatic N) is 1.